The summed E-state index contributed by atoms with van der Waals surface area (Å²) in [6, 6.07) is 12.4. The van der Waals surface area contributed by atoms with Gasteiger partial charge < -0.3 is 5.32 Å². The van der Waals surface area contributed by atoms with E-state index >= 15 is 0 Å². The molecule has 1 aromatic carbocycles. The smallest absolute Gasteiger partial charge is 0.309 e. The lowest BCUT2D eigenvalue weighted by Gasteiger charge is -2.07. The summed E-state index contributed by atoms with van der Waals surface area (Å²) in [5, 5.41) is 18.4. The molecule has 0 atom stereocenters. The Hall–Kier alpha value is -4.28. The summed E-state index contributed by atoms with van der Waals surface area (Å²) in [5.74, 6) is 1.72. The highest BCUT2D eigenvalue weighted by atomic mass is 19.4. The van der Waals surface area contributed by atoms with E-state index in [-0.39, 0.29) is 0 Å². The largest absolute Gasteiger partial charge is 0.416 e. The van der Waals surface area contributed by atoms with Crippen molar-refractivity contribution in [1.82, 2.24) is 34.8 Å². The number of anilines is 2. The third-order valence-electron chi connectivity index (χ3n) is 5.03. The van der Waals surface area contributed by atoms with E-state index in [0.29, 0.717) is 40.9 Å². The van der Waals surface area contributed by atoms with Gasteiger partial charge in [-0.15, -0.1) is 10.2 Å². The minimum absolute atomic E-state index is 0.351. The second-order valence-electron chi connectivity index (χ2n) is 7.44. The fraction of sp³-hybridized carbons (Fsp3) is 0.136. The van der Waals surface area contributed by atoms with Gasteiger partial charge in [0, 0.05) is 30.4 Å². The zero-order valence-corrected chi connectivity index (χ0v) is 17.3. The van der Waals surface area contributed by atoms with Crippen LogP contribution >= 0.6 is 0 Å². The average Bonchev–Trinajstić information content (AvgIpc) is 3.39. The summed E-state index contributed by atoms with van der Waals surface area (Å²) in [6.07, 6.45) is -0.538. The fourth-order valence-electron chi connectivity index (χ4n) is 3.40. The minimum Gasteiger partial charge on any atom is -0.309 e. The van der Waals surface area contributed by atoms with Gasteiger partial charge in [0.1, 0.15) is 11.6 Å². The quantitative estimate of drug-likeness (QED) is 0.407. The van der Waals surface area contributed by atoms with Crippen LogP contribution in [0.1, 0.15) is 22.6 Å². The van der Waals surface area contributed by atoms with Crippen LogP contribution in [0.2, 0.25) is 0 Å². The molecule has 0 bridgehead atoms. The summed E-state index contributed by atoms with van der Waals surface area (Å²) < 4.78 is 40.1. The zero-order valence-electron chi connectivity index (χ0n) is 17.3. The Morgan fingerprint density at radius 2 is 1.85 bits per heavy atom. The van der Waals surface area contributed by atoms with Crippen molar-refractivity contribution < 1.29 is 13.2 Å². The predicted octanol–water partition coefficient (Wildman–Crippen LogP) is 4.57. The lowest BCUT2D eigenvalue weighted by atomic mass is 10.1. The fourth-order valence-corrected chi connectivity index (χ4v) is 3.40. The molecule has 0 spiro atoms. The molecule has 0 amide bonds. The van der Waals surface area contributed by atoms with E-state index in [2.05, 4.69) is 35.7 Å². The average molecular weight is 450 g/mol. The summed E-state index contributed by atoms with van der Waals surface area (Å²) in [7, 11) is 0. The number of H-pyrrole nitrogens is 1. The molecule has 8 nitrogen and oxygen atoms in total. The van der Waals surface area contributed by atoms with Crippen LogP contribution in [0.3, 0.4) is 0 Å². The van der Waals surface area contributed by atoms with Crippen LogP contribution in [0.25, 0.3) is 16.9 Å². The first-order chi connectivity index (χ1) is 15.8. The number of rotatable bonds is 5. The van der Waals surface area contributed by atoms with Gasteiger partial charge in [-0.1, -0.05) is 12.1 Å². The van der Waals surface area contributed by atoms with E-state index in [9.17, 15) is 13.2 Å². The van der Waals surface area contributed by atoms with Crippen LogP contribution < -0.4 is 5.32 Å². The van der Waals surface area contributed by atoms with Crippen LogP contribution in [0, 0.1) is 6.92 Å². The van der Waals surface area contributed by atoms with Gasteiger partial charge in [0.15, 0.2) is 5.65 Å². The summed E-state index contributed by atoms with van der Waals surface area (Å²) in [5.41, 5.74) is 3.00. The number of fused-ring (bicyclic) bond motifs is 1. The molecule has 5 rings (SSSR count). The molecule has 5 aromatic rings. The summed E-state index contributed by atoms with van der Waals surface area (Å²) >= 11 is 0. The summed E-state index contributed by atoms with van der Waals surface area (Å²) in [6.45, 7) is 1.87. The highest BCUT2D eigenvalue weighted by Crippen LogP contribution is 2.29. The van der Waals surface area contributed by atoms with Crippen LogP contribution in [-0.4, -0.2) is 34.8 Å². The van der Waals surface area contributed by atoms with Gasteiger partial charge in [0.25, 0.3) is 0 Å². The number of aromatic nitrogens is 7. The number of alkyl halides is 3. The lowest BCUT2D eigenvalue weighted by Crippen LogP contribution is -2.05. The Morgan fingerprint density at radius 1 is 1.03 bits per heavy atom. The van der Waals surface area contributed by atoms with E-state index in [4.69, 9.17) is 0 Å². The molecule has 0 aliphatic carbocycles. The Balaban J connectivity index is 1.37. The Morgan fingerprint density at radius 3 is 2.58 bits per heavy atom. The van der Waals surface area contributed by atoms with Gasteiger partial charge in [-0.25, -0.2) is 9.97 Å². The maximum Gasteiger partial charge on any atom is 0.416 e. The lowest BCUT2D eigenvalue weighted by molar-refractivity contribution is -0.137. The van der Waals surface area contributed by atoms with E-state index in [1.54, 1.807) is 16.7 Å². The van der Waals surface area contributed by atoms with Gasteiger partial charge >= 0.3 is 6.18 Å². The number of hydrogen-bond donors (Lipinski definition) is 2. The molecule has 0 aliphatic rings. The molecule has 11 heteroatoms. The maximum absolute atomic E-state index is 12.8. The third kappa shape index (κ3) is 4.38. The molecule has 4 heterocycles. The number of aromatic amines is 1. The highest BCUT2D eigenvalue weighted by Gasteiger charge is 2.29. The van der Waals surface area contributed by atoms with Crippen molar-refractivity contribution in [3.05, 3.63) is 83.6 Å². The molecule has 0 radical (unpaired) electrons. The number of nitrogens with one attached hydrogen (secondary N) is 2. The number of aryl methyl sites for hydroxylation is 1. The van der Waals surface area contributed by atoms with Crippen molar-refractivity contribution in [1.29, 1.82) is 0 Å². The van der Waals surface area contributed by atoms with Crippen molar-refractivity contribution in [2.24, 2.45) is 0 Å². The van der Waals surface area contributed by atoms with Gasteiger partial charge in [-0.2, -0.15) is 18.3 Å². The van der Waals surface area contributed by atoms with E-state index in [1.807, 2.05) is 31.3 Å². The van der Waals surface area contributed by atoms with Gasteiger partial charge in [-0.3, -0.25) is 9.50 Å². The summed E-state index contributed by atoms with van der Waals surface area (Å²) in [4.78, 5) is 8.77. The van der Waals surface area contributed by atoms with Crippen LogP contribution in [0.4, 0.5) is 24.9 Å². The van der Waals surface area contributed by atoms with Crippen molar-refractivity contribution in [2.75, 3.05) is 5.32 Å². The van der Waals surface area contributed by atoms with Gasteiger partial charge in [0.05, 0.1) is 17.0 Å². The highest BCUT2D eigenvalue weighted by molar-refractivity contribution is 5.65. The minimum atomic E-state index is -4.36. The predicted molar refractivity (Wildman–Crippen MR) is 115 cm³/mol. The number of pyridine rings is 1. The molecule has 2 N–H and O–H groups in total. The Labute approximate surface area is 185 Å². The van der Waals surface area contributed by atoms with E-state index < -0.39 is 11.7 Å². The van der Waals surface area contributed by atoms with Gasteiger partial charge in [0.2, 0.25) is 5.95 Å². The molecular weight excluding hydrogens is 433 g/mol. The SMILES string of the molecule is Cc1cc(Nc2nccc(-c3ccn4c(Cc5ccc(C(F)(F)F)cc5)nnc4c3)n2)[nH]n1. The van der Waals surface area contributed by atoms with Crippen molar-refractivity contribution in [3.8, 4) is 11.3 Å². The van der Waals surface area contributed by atoms with Crippen molar-refractivity contribution in [3.63, 3.8) is 0 Å². The molecule has 0 aliphatic heterocycles. The molecule has 0 saturated heterocycles. The number of nitrogens with zero attached hydrogens (tertiary/aromatic N) is 6. The van der Waals surface area contributed by atoms with Crippen molar-refractivity contribution >= 4 is 17.4 Å². The van der Waals surface area contributed by atoms with Crippen LogP contribution in [0.15, 0.2) is 60.9 Å². The normalized spacial score (nSPS) is 11.8. The molecular formula is C22H17F3N8. The van der Waals surface area contributed by atoms with E-state index in [0.717, 1.165) is 23.4 Å². The number of hydrogen-bond acceptors (Lipinski definition) is 6. The molecule has 33 heavy (non-hydrogen) atoms. The maximum atomic E-state index is 12.8. The first-order valence-electron chi connectivity index (χ1n) is 9.97. The molecule has 4 aromatic heterocycles. The topological polar surface area (TPSA) is 96.7 Å². The first kappa shape index (κ1) is 20.6. The van der Waals surface area contributed by atoms with Crippen molar-refractivity contribution in [2.45, 2.75) is 19.5 Å². The van der Waals surface area contributed by atoms with Crippen LogP contribution in [-0.2, 0) is 12.6 Å². The Bertz CT molecular complexity index is 1420. The van der Waals surface area contributed by atoms with E-state index in [1.165, 1.54) is 12.1 Å². The molecule has 166 valence electrons. The molecule has 0 saturated carbocycles. The molecule has 0 fully saturated rings. The van der Waals surface area contributed by atoms with Crippen LogP contribution in [0.5, 0.6) is 0 Å². The Kier molecular flexibility index (Phi) is 5.00. The number of halogens is 3. The number of benzene rings is 1. The standard InChI is InChI=1S/C22H17F3N8/c1-13-10-18(30-29-13)28-21-26-8-6-17(27-21)15-7-9-33-19(31-32-20(33)12-15)11-14-2-4-16(5-3-14)22(23,24)25/h2-10,12H,11H2,1H3,(H2,26,27,28,29,30). The molecule has 0 unspecified atom stereocenters. The third-order valence-corrected chi connectivity index (χ3v) is 5.03. The second kappa shape index (κ2) is 8.01. The van der Waals surface area contributed by atoms with Gasteiger partial charge in [-0.05, 0) is 42.8 Å². The zero-order chi connectivity index (χ0) is 23.0. The second-order valence-corrected chi connectivity index (χ2v) is 7.44. The monoisotopic (exact) mass is 450 g/mol. The first-order valence-corrected chi connectivity index (χ1v) is 9.97.